The van der Waals surface area contributed by atoms with Gasteiger partial charge >= 0.3 is 0 Å². The van der Waals surface area contributed by atoms with Crippen molar-refractivity contribution in [3.05, 3.63) is 12.2 Å². The molecule has 0 rings (SSSR count). The van der Waals surface area contributed by atoms with Gasteiger partial charge in [-0.05, 0) is 6.92 Å². The van der Waals surface area contributed by atoms with Crippen molar-refractivity contribution in [3.8, 4) is 0 Å². The van der Waals surface area contributed by atoms with Gasteiger partial charge in [-0.25, -0.2) is 13.4 Å². The molecule has 0 aromatic heterocycles. The predicted molar refractivity (Wildman–Crippen MR) is 85.3 cm³/mol. The molecule has 0 aromatic rings. The zero-order valence-electron chi connectivity index (χ0n) is 10.8. The van der Waals surface area contributed by atoms with Gasteiger partial charge in [-0.1, -0.05) is 12.2 Å². The number of nitrogens with zero attached hydrogens (tertiary/aromatic N) is 1. The summed E-state index contributed by atoms with van der Waals surface area (Å²) in [7, 11) is -2.95. The van der Waals surface area contributed by atoms with Gasteiger partial charge in [-0.2, -0.15) is 0 Å². The molecular formula is C10H22IN3O3S. The number of hydrogen-bond acceptors (Lipinski definition) is 4. The molecule has 0 fully saturated rings. The highest BCUT2D eigenvalue weighted by Crippen LogP contribution is 1.86. The second kappa shape index (κ2) is 10.6. The molecule has 0 aliphatic heterocycles. The summed E-state index contributed by atoms with van der Waals surface area (Å²) in [6, 6.07) is 0. The monoisotopic (exact) mass is 391 g/mol. The fraction of sp³-hybridized carbons (Fsp3) is 0.700. The fourth-order valence-electron chi connectivity index (χ4n) is 0.840. The van der Waals surface area contributed by atoms with Crippen LogP contribution in [0.25, 0.3) is 0 Å². The quantitative estimate of drug-likeness (QED) is 0.202. The maximum absolute atomic E-state index is 10.8. The van der Waals surface area contributed by atoms with E-state index in [-0.39, 0.29) is 36.3 Å². The lowest BCUT2D eigenvalue weighted by atomic mass is 10.4. The zero-order chi connectivity index (χ0) is 13.3. The highest BCUT2D eigenvalue weighted by Gasteiger charge is 2.00. The van der Waals surface area contributed by atoms with Gasteiger partial charge in [0.1, 0.15) is 9.84 Å². The summed E-state index contributed by atoms with van der Waals surface area (Å²) < 4.78 is 26.7. The van der Waals surface area contributed by atoms with E-state index in [9.17, 15) is 8.42 Å². The molecule has 0 heterocycles. The summed E-state index contributed by atoms with van der Waals surface area (Å²) in [4.78, 5) is 4.01. The van der Waals surface area contributed by atoms with Crippen LogP contribution in [0.2, 0.25) is 0 Å². The van der Waals surface area contributed by atoms with Crippen molar-refractivity contribution in [2.75, 3.05) is 38.3 Å². The summed E-state index contributed by atoms with van der Waals surface area (Å²) in [5, 5.41) is 2.85. The molecule has 0 aliphatic rings. The van der Waals surface area contributed by atoms with E-state index in [0.717, 1.165) is 5.57 Å². The Morgan fingerprint density at radius 2 is 2.06 bits per heavy atom. The minimum atomic E-state index is -2.95. The summed E-state index contributed by atoms with van der Waals surface area (Å²) in [6.45, 7) is 7.14. The average Bonchev–Trinajstić information content (AvgIpc) is 2.18. The Morgan fingerprint density at radius 3 is 2.56 bits per heavy atom. The predicted octanol–water partition coefficient (Wildman–Crippen LogP) is 0.146. The van der Waals surface area contributed by atoms with Crippen molar-refractivity contribution in [3.63, 3.8) is 0 Å². The first-order valence-corrected chi connectivity index (χ1v) is 7.31. The van der Waals surface area contributed by atoms with Crippen LogP contribution in [-0.2, 0) is 14.6 Å². The first kappa shape index (κ1) is 20.0. The van der Waals surface area contributed by atoms with Crippen molar-refractivity contribution in [1.82, 2.24) is 5.32 Å². The molecule has 0 spiro atoms. The number of rotatable bonds is 8. The van der Waals surface area contributed by atoms with Gasteiger partial charge in [0.2, 0.25) is 0 Å². The maximum atomic E-state index is 10.8. The number of aliphatic imine (C=N–C) groups is 1. The van der Waals surface area contributed by atoms with E-state index in [2.05, 4.69) is 16.9 Å². The second-order valence-electron chi connectivity index (χ2n) is 3.83. The second-order valence-corrected chi connectivity index (χ2v) is 6.09. The van der Waals surface area contributed by atoms with E-state index in [1.54, 1.807) is 0 Å². The lowest BCUT2D eigenvalue weighted by Gasteiger charge is -2.06. The van der Waals surface area contributed by atoms with Crippen molar-refractivity contribution in [2.24, 2.45) is 10.7 Å². The third-order valence-corrected chi connectivity index (χ3v) is 2.58. The van der Waals surface area contributed by atoms with Crippen LogP contribution in [0.1, 0.15) is 6.92 Å². The summed E-state index contributed by atoms with van der Waals surface area (Å²) in [5.74, 6) is 0.367. The molecule has 0 bridgehead atoms. The molecular weight excluding hydrogens is 369 g/mol. The summed E-state index contributed by atoms with van der Waals surface area (Å²) >= 11 is 0. The number of ether oxygens (including phenoxy) is 1. The van der Waals surface area contributed by atoms with E-state index < -0.39 is 9.84 Å². The summed E-state index contributed by atoms with van der Waals surface area (Å²) in [6.07, 6.45) is 1.18. The molecule has 8 heteroatoms. The van der Waals surface area contributed by atoms with Crippen molar-refractivity contribution >= 4 is 39.8 Å². The Labute approximate surface area is 126 Å². The highest BCUT2D eigenvalue weighted by molar-refractivity contribution is 14.0. The topological polar surface area (TPSA) is 93.8 Å². The normalized spacial score (nSPS) is 11.8. The van der Waals surface area contributed by atoms with Crippen LogP contribution in [0, 0.1) is 0 Å². The molecule has 0 saturated heterocycles. The number of nitrogens with two attached hydrogens (primary N) is 1. The van der Waals surface area contributed by atoms with Crippen LogP contribution in [-0.4, -0.2) is 52.7 Å². The van der Waals surface area contributed by atoms with Gasteiger partial charge in [-0.3, -0.25) is 0 Å². The Morgan fingerprint density at radius 1 is 1.44 bits per heavy atom. The number of guanidine groups is 1. The van der Waals surface area contributed by atoms with Crippen LogP contribution in [0.4, 0.5) is 0 Å². The standard InChI is InChI=1S/C10H21N3O3S.HI/c1-9(2)8-13-10(11)12-4-5-16-6-7-17(3,14)15;/h1,4-8H2,2-3H3,(H3,11,12,13);1H. The van der Waals surface area contributed by atoms with Gasteiger partial charge in [-0.15, -0.1) is 24.0 Å². The maximum Gasteiger partial charge on any atom is 0.188 e. The minimum absolute atomic E-state index is 0. The van der Waals surface area contributed by atoms with Crippen molar-refractivity contribution in [2.45, 2.75) is 6.92 Å². The van der Waals surface area contributed by atoms with Gasteiger partial charge < -0.3 is 15.8 Å². The molecule has 18 heavy (non-hydrogen) atoms. The fourth-order valence-corrected chi connectivity index (χ4v) is 1.26. The molecule has 0 aromatic carbocycles. The van der Waals surface area contributed by atoms with Crippen molar-refractivity contribution < 1.29 is 13.2 Å². The smallest absolute Gasteiger partial charge is 0.188 e. The van der Waals surface area contributed by atoms with Gasteiger partial charge in [0.05, 0.1) is 25.5 Å². The lowest BCUT2D eigenvalue weighted by molar-refractivity contribution is 0.154. The van der Waals surface area contributed by atoms with E-state index in [1.807, 2.05) is 6.92 Å². The summed E-state index contributed by atoms with van der Waals surface area (Å²) in [5.41, 5.74) is 6.48. The van der Waals surface area contributed by atoms with E-state index in [4.69, 9.17) is 10.5 Å². The largest absolute Gasteiger partial charge is 0.379 e. The molecule has 6 nitrogen and oxygen atoms in total. The van der Waals surface area contributed by atoms with Gasteiger partial charge in [0.25, 0.3) is 0 Å². The first-order chi connectivity index (χ1) is 7.81. The Bertz CT molecular complexity index is 369. The van der Waals surface area contributed by atoms with Crippen LogP contribution in [0.3, 0.4) is 0 Å². The zero-order valence-corrected chi connectivity index (χ0v) is 14.0. The van der Waals surface area contributed by atoms with Crippen molar-refractivity contribution in [1.29, 1.82) is 0 Å². The third kappa shape index (κ3) is 15.6. The minimum Gasteiger partial charge on any atom is -0.379 e. The van der Waals surface area contributed by atoms with Gasteiger partial charge in [0.15, 0.2) is 5.96 Å². The SMILES string of the molecule is C=C(C)CN=C(N)NCCOCCS(C)(=O)=O.I. The highest BCUT2D eigenvalue weighted by atomic mass is 127. The van der Waals surface area contributed by atoms with E-state index in [1.165, 1.54) is 6.26 Å². The van der Waals surface area contributed by atoms with E-state index in [0.29, 0.717) is 25.7 Å². The Kier molecular flexibility index (Phi) is 11.7. The molecule has 108 valence electrons. The molecule has 0 saturated carbocycles. The number of hydrogen-bond donors (Lipinski definition) is 2. The van der Waals surface area contributed by atoms with E-state index >= 15 is 0 Å². The van der Waals surface area contributed by atoms with Crippen LogP contribution >= 0.6 is 24.0 Å². The Balaban J connectivity index is 0. The third-order valence-electron chi connectivity index (χ3n) is 1.67. The van der Waals surface area contributed by atoms with Crippen LogP contribution in [0.5, 0.6) is 0 Å². The number of sulfone groups is 1. The average molecular weight is 391 g/mol. The molecule has 0 unspecified atom stereocenters. The lowest BCUT2D eigenvalue weighted by Crippen LogP contribution is -2.34. The number of nitrogens with one attached hydrogen (secondary N) is 1. The number of halogens is 1. The van der Waals surface area contributed by atoms with Gasteiger partial charge in [0, 0.05) is 12.8 Å². The molecule has 0 atom stereocenters. The Hall–Kier alpha value is -0.350. The van der Waals surface area contributed by atoms with Crippen LogP contribution < -0.4 is 11.1 Å². The van der Waals surface area contributed by atoms with Crippen LogP contribution in [0.15, 0.2) is 17.1 Å². The molecule has 3 N–H and O–H groups in total. The molecule has 0 aliphatic carbocycles. The first-order valence-electron chi connectivity index (χ1n) is 5.25. The molecule has 0 amide bonds. The molecule has 0 radical (unpaired) electrons.